The zero-order valence-electron chi connectivity index (χ0n) is 11.0. The Kier molecular flexibility index (Phi) is 7.47. The van der Waals surface area contributed by atoms with Crippen LogP contribution in [0.1, 0.15) is 37.8 Å². The van der Waals surface area contributed by atoms with E-state index in [0.717, 1.165) is 31.6 Å². The standard InChI is InChI=1S/C14H21BrFNO/c1-11(17-8-4-3-5-9-18-2)12-6-7-14(16)13(15)10-12/h6-7,10-11,17H,3-5,8-9H2,1-2H3. The van der Waals surface area contributed by atoms with E-state index in [4.69, 9.17) is 4.74 Å². The molecular formula is C14H21BrFNO. The minimum atomic E-state index is -0.217. The van der Waals surface area contributed by atoms with Gasteiger partial charge in [-0.3, -0.25) is 0 Å². The van der Waals surface area contributed by atoms with E-state index in [0.29, 0.717) is 4.47 Å². The predicted octanol–water partition coefficient (Wildman–Crippen LogP) is 4.06. The van der Waals surface area contributed by atoms with Gasteiger partial charge < -0.3 is 10.1 Å². The molecule has 0 amide bonds. The molecular weight excluding hydrogens is 297 g/mol. The van der Waals surface area contributed by atoms with Gasteiger partial charge in [-0.25, -0.2) is 4.39 Å². The van der Waals surface area contributed by atoms with E-state index in [-0.39, 0.29) is 11.9 Å². The fraction of sp³-hybridized carbons (Fsp3) is 0.571. The highest BCUT2D eigenvalue weighted by atomic mass is 79.9. The lowest BCUT2D eigenvalue weighted by atomic mass is 10.1. The molecule has 102 valence electrons. The molecule has 1 atom stereocenters. The van der Waals surface area contributed by atoms with Crippen LogP contribution >= 0.6 is 15.9 Å². The molecule has 18 heavy (non-hydrogen) atoms. The molecule has 1 rings (SSSR count). The molecule has 0 aliphatic heterocycles. The molecule has 0 heterocycles. The summed E-state index contributed by atoms with van der Waals surface area (Å²) < 4.78 is 18.6. The topological polar surface area (TPSA) is 21.3 Å². The minimum Gasteiger partial charge on any atom is -0.385 e. The highest BCUT2D eigenvalue weighted by molar-refractivity contribution is 9.10. The number of methoxy groups -OCH3 is 1. The maximum Gasteiger partial charge on any atom is 0.137 e. The average molecular weight is 318 g/mol. The van der Waals surface area contributed by atoms with Crippen LogP contribution in [0.3, 0.4) is 0 Å². The number of hydrogen-bond acceptors (Lipinski definition) is 2. The van der Waals surface area contributed by atoms with Gasteiger partial charge in [0.15, 0.2) is 0 Å². The van der Waals surface area contributed by atoms with Crippen molar-refractivity contribution in [3.63, 3.8) is 0 Å². The lowest BCUT2D eigenvalue weighted by Gasteiger charge is -2.14. The molecule has 1 aromatic rings. The first kappa shape index (κ1) is 15.6. The van der Waals surface area contributed by atoms with Crippen molar-refractivity contribution in [3.05, 3.63) is 34.1 Å². The maximum absolute atomic E-state index is 13.1. The quantitative estimate of drug-likeness (QED) is 0.730. The molecule has 0 aliphatic rings. The summed E-state index contributed by atoms with van der Waals surface area (Å²) in [5.41, 5.74) is 1.10. The third kappa shape index (κ3) is 5.46. The molecule has 1 aromatic carbocycles. The van der Waals surface area contributed by atoms with Crippen LogP contribution in [-0.4, -0.2) is 20.3 Å². The molecule has 0 aliphatic carbocycles. The second-order valence-electron chi connectivity index (χ2n) is 4.40. The highest BCUT2D eigenvalue weighted by Crippen LogP contribution is 2.21. The Labute approximate surface area is 117 Å². The van der Waals surface area contributed by atoms with Gasteiger partial charge in [-0.15, -0.1) is 0 Å². The summed E-state index contributed by atoms with van der Waals surface area (Å²) >= 11 is 3.21. The number of halogens is 2. The molecule has 0 saturated carbocycles. The number of rotatable bonds is 8. The summed E-state index contributed by atoms with van der Waals surface area (Å²) in [4.78, 5) is 0. The summed E-state index contributed by atoms with van der Waals surface area (Å²) in [7, 11) is 1.73. The molecule has 1 unspecified atom stereocenters. The van der Waals surface area contributed by atoms with Crippen LogP contribution in [0.5, 0.6) is 0 Å². The Morgan fingerprint density at radius 2 is 2.11 bits per heavy atom. The van der Waals surface area contributed by atoms with Crippen LogP contribution in [0, 0.1) is 5.82 Å². The third-order valence-electron chi connectivity index (χ3n) is 2.92. The van der Waals surface area contributed by atoms with E-state index < -0.39 is 0 Å². The molecule has 4 heteroatoms. The lowest BCUT2D eigenvalue weighted by molar-refractivity contribution is 0.192. The van der Waals surface area contributed by atoms with Crippen LogP contribution in [0.4, 0.5) is 4.39 Å². The zero-order chi connectivity index (χ0) is 13.4. The van der Waals surface area contributed by atoms with Crippen molar-refractivity contribution in [1.82, 2.24) is 5.32 Å². The van der Waals surface area contributed by atoms with E-state index in [1.54, 1.807) is 7.11 Å². The van der Waals surface area contributed by atoms with Crippen molar-refractivity contribution in [2.45, 2.75) is 32.2 Å². The number of benzene rings is 1. The average Bonchev–Trinajstić information content (AvgIpc) is 2.36. The molecule has 2 nitrogen and oxygen atoms in total. The van der Waals surface area contributed by atoms with Crippen molar-refractivity contribution in [3.8, 4) is 0 Å². The van der Waals surface area contributed by atoms with Crippen molar-refractivity contribution < 1.29 is 9.13 Å². The first-order chi connectivity index (χ1) is 8.65. The van der Waals surface area contributed by atoms with Gasteiger partial charge in [-0.05, 0) is 66.4 Å². The summed E-state index contributed by atoms with van der Waals surface area (Å²) in [5.74, 6) is -0.217. The van der Waals surface area contributed by atoms with Crippen LogP contribution < -0.4 is 5.32 Å². The predicted molar refractivity (Wildman–Crippen MR) is 76.2 cm³/mol. The third-order valence-corrected chi connectivity index (χ3v) is 3.53. The Morgan fingerprint density at radius 3 is 2.78 bits per heavy atom. The highest BCUT2D eigenvalue weighted by Gasteiger charge is 2.07. The SMILES string of the molecule is COCCCCCNC(C)c1ccc(F)c(Br)c1. The summed E-state index contributed by atoms with van der Waals surface area (Å²) in [6.07, 6.45) is 3.41. The number of nitrogens with one attached hydrogen (secondary N) is 1. The van der Waals surface area contributed by atoms with Crippen molar-refractivity contribution in [1.29, 1.82) is 0 Å². The van der Waals surface area contributed by atoms with Gasteiger partial charge in [0.05, 0.1) is 4.47 Å². The lowest BCUT2D eigenvalue weighted by Crippen LogP contribution is -2.20. The van der Waals surface area contributed by atoms with Gasteiger partial charge in [-0.2, -0.15) is 0 Å². The summed E-state index contributed by atoms with van der Waals surface area (Å²) in [6, 6.07) is 5.39. The molecule has 0 spiro atoms. The fourth-order valence-corrected chi connectivity index (χ4v) is 2.16. The first-order valence-electron chi connectivity index (χ1n) is 6.32. The van der Waals surface area contributed by atoms with Gasteiger partial charge in [-0.1, -0.05) is 6.07 Å². The number of unbranched alkanes of at least 4 members (excludes halogenated alkanes) is 2. The van der Waals surface area contributed by atoms with E-state index in [2.05, 4.69) is 28.2 Å². The van der Waals surface area contributed by atoms with E-state index in [1.807, 2.05) is 12.1 Å². The van der Waals surface area contributed by atoms with E-state index >= 15 is 0 Å². The molecule has 0 radical (unpaired) electrons. The van der Waals surface area contributed by atoms with Crippen molar-refractivity contribution in [2.75, 3.05) is 20.3 Å². The van der Waals surface area contributed by atoms with Crippen molar-refractivity contribution >= 4 is 15.9 Å². The molecule has 0 aromatic heterocycles. The monoisotopic (exact) mass is 317 g/mol. The van der Waals surface area contributed by atoms with E-state index in [1.165, 1.54) is 12.5 Å². The van der Waals surface area contributed by atoms with Gasteiger partial charge in [0.1, 0.15) is 5.82 Å². The largest absolute Gasteiger partial charge is 0.385 e. The number of hydrogen-bond donors (Lipinski definition) is 1. The molecule has 1 N–H and O–H groups in total. The number of ether oxygens (including phenoxy) is 1. The fourth-order valence-electron chi connectivity index (χ4n) is 1.77. The molecule has 0 bridgehead atoms. The second kappa shape index (κ2) is 8.62. The van der Waals surface area contributed by atoms with Crippen LogP contribution in [-0.2, 0) is 4.74 Å². The van der Waals surface area contributed by atoms with Crippen LogP contribution in [0.25, 0.3) is 0 Å². The van der Waals surface area contributed by atoms with Gasteiger partial charge in [0.25, 0.3) is 0 Å². The summed E-state index contributed by atoms with van der Waals surface area (Å²) in [6.45, 7) is 3.90. The first-order valence-corrected chi connectivity index (χ1v) is 7.11. The summed E-state index contributed by atoms with van der Waals surface area (Å²) in [5, 5.41) is 3.44. The molecule has 0 fully saturated rings. The van der Waals surface area contributed by atoms with Gasteiger partial charge in [0.2, 0.25) is 0 Å². The second-order valence-corrected chi connectivity index (χ2v) is 5.26. The normalized spacial score (nSPS) is 12.7. The zero-order valence-corrected chi connectivity index (χ0v) is 12.6. The minimum absolute atomic E-state index is 0.217. The van der Waals surface area contributed by atoms with E-state index in [9.17, 15) is 4.39 Å². The maximum atomic E-state index is 13.1. The van der Waals surface area contributed by atoms with Gasteiger partial charge in [0, 0.05) is 19.8 Å². The van der Waals surface area contributed by atoms with Crippen molar-refractivity contribution in [2.24, 2.45) is 0 Å². The Hall–Kier alpha value is -0.450. The van der Waals surface area contributed by atoms with Crippen LogP contribution in [0.2, 0.25) is 0 Å². The Balaban J connectivity index is 2.27. The Morgan fingerprint density at radius 1 is 1.33 bits per heavy atom. The van der Waals surface area contributed by atoms with Gasteiger partial charge >= 0.3 is 0 Å². The smallest absolute Gasteiger partial charge is 0.137 e. The Bertz CT molecular complexity index is 360. The molecule has 0 saturated heterocycles. The van der Waals surface area contributed by atoms with Crippen LogP contribution in [0.15, 0.2) is 22.7 Å².